The van der Waals surface area contributed by atoms with Gasteiger partial charge in [-0.15, -0.1) is 0 Å². The molecule has 80 valence electrons. The Morgan fingerprint density at radius 1 is 1.20 bits per heavy atom. The number of nitro benzene ring substituents is 2. The molecule has 0 aliphatic rings. The third-order valence-corrected chi connectivity index (χ3v) is 1.74. The Morgan fingerprint density at radius 2 is 1.60 bits per heavy atom. The predicted octanol–water partition coefficient (Wildman–Crippen LogP) is 0.813. The minimum absolute atomic E-state index is 0.215. The fourth-order valence-electron chi connectivity index (χ4n) is 1.18. The lowest BCUT2D eigenvalue weighted by molar-refractivity contribution is -0.392. The van der Waals surface area contributed by atoms with Crippen LogP contribution in [0.25, 0.3) is 0 Å². The Bertz CT molecular complexity index is 385. The van der Waals surface area contributed by atoms with Crippen molar-refractivity contribution in [2.75, 3.05) is 12.1 Å². The van der Waals surface area contributed by atoms with E-state index in [1.807, 2.05) is 0 Å². The summed E-state index contributed by atoms with van der Waals surface area (Å²) < 4.78 is 0. The predicted molar refractivity (Wildman–Crippen MR) is 52.3 cm³/mol. The number of hydrazine groups is 1. The van der Waals surface area contributed by atoms with Crippen LogP contribution in [0.2, 0.25) is 0 Å². The zero-order valence-electron chi connectivity index (χ0n) is 7.78. The van der Waals surface area contributed by atoms with E-state index in [9.17, 15) is 20.2 Å². The molecule has 0 saturated carbocycles. The van der Waals surface area contributed by atoms with E-state index in [0.717, 1.165) is 17.1 Å². The van der Waals surface area contributed by atoms with Gasteiger partial charge >= 0.3 is 11.4 Å². The maximum absolute atomic E-state index is 10.6. The fraction of sp³-hybridized carbons (Fsp3) is 0.143. The van der Waals surface area contributed by atoms with E-state index in [2.05, 4.69) is 0 Å². The van der Waals surface area contributed by atoms with Crippen LogP contribution in [-0.2, 0) is 0 Å². The Kier molecular flexibility index (Phi) is 2.81. The van der Waals surface area contributed by atoms with Crippen molar-refractivity contribution in [2.24, 2.45) is 5.84 Å². The van der Waals surface area contributed by atoms with Crippen LogP contribution in [0.1, 0.15) is 0 Å². The highest BCUT2D eigenvalue weighted by molar-refractivity contribution is 5.73. The molecule has 1 aromatic carbocycles. The average molecular weight is 212 g/mol. The van der Waals surface area contributed by atoms with Gasteiger partial charge in [-0.1, -0.05) is 0 Å². The van der Waals surface area contributed by atoms with Crippen molar-refractivity contribution >= 4 is 17.1 Å². The Hall–Kier alpha value is -2.22. The van der Waals surface area contributed by atoms with Gasteiger partial charge in [0.1, 0.15) is 0 Å². The van der Waals surface area contributed by atoms with Gasteiger partial charge in [0, 0.05) is 19.2 Å². The lowest BCUT2D eigenvalue weighted by Crippen LogP contribution is -2.26. The van der Waals surface area contributed by atoms with E-state index in [-0.39, 0.29) is 5.69 Å². The molecule has 0 fully saturated rings. The lowest BCUT2D eigenvalue weighted by Gasteiger charge is -2.11. The number of hydrogen-bond donors (Lipinski definition) is 1. The molecule has 0 spiro atoms. The molecule has 0 atom stereocenters. The first-order valence-electron chi connectivity index (χ1n) is 3.85. The van der Waals surface area contributed by atoms with Gasteiger partial charge in [-0.05, 0) is 6.07 Å². The zero-order valence-corrected chi connectivity index (χ0v) is 7.78. The third kappa shape index (κ3) is 1.99. The maximum Gasteiger partial charge on any atom is 0.301 e. The second-order valence-electron chi connectivity index (χ2n) is 2.77. The van der Waals surface area contributed by atoms with Crippen LogP contribution >= 0.6 is 0 Å². The molecule has 8 heteroatoms. The molecule has 1 aromatic rings. The quantitative estimate of drug-likeness (QED) is 0.450. The summed E-state index contributed by atoms with van der Waals surface area (Å²) in [6.45, 7) is 0. The summed E-state index contributed by atoms with van der Waals surface area (Å²) in [6, 6.07) is 3.56. The number of nitro groups is 2. The summed E-state index contributed by atoms with van der Waals surface area (Å²) in [6.07, 6.45) is 0. The Labute approximate surface area is 84.2 Å². The summed E-state index contributed by atoms with van der Waals surface area (Å²) >= 11 is 0. The topological polar surface area (TPSA) is 116 Å². The van der Waals surface area contributed by atoms with Crippen LogP contribution in [0, 0.1) is 20.2 Å². The van der Waals surface area contributed by atoms with E-state index in [0.29, 0.717) is 0 Å². The first-order chi connectivity index (χ1) is 6.95. The molecule has 2 N–H and O–H groups in total. The highest BCUT2D eigenvalue weighted by Crippen LogP contribution is 2.34. The number of rotatable bonds is 3. The third-order valence-electron chi connectivity index (χ3n) is 1.74. The number of benzene rings is 1. The van der Waals surface area contributed by atoms with E-state index in [4.69, 9.17) is 5.84 Å². The van der Waals surface area contributed by atoms with E-state index < -0.39 is 21.2 Å². The number of hydrogen-bond acceptors (Lipinski definition) is 6. The summed E-state index contributed by atoms with van der Waals surface area (Å²) in [7, 11) is 1.30. The Morgan fingerprint density at radius 3 is 1.87 bits per heavy atom. The average Bonchev–Trinajstić information content (AvgIpc) is 2.16. The van der Waals surface area contributed by atoms with Gasteiger partial charge < -0.3 is 5.01 Å². The summed E-state index contributed by atoms with van der Waals surface area (Å²) in [5, 5.41) is 22.1. The monoisotopic (exact) mass is 212 g/mol. The molecule has 0 amide bonds. The lowest BCUT2D eigenvalue weighted by atomic mass is 10.2. The largest absolute Gasteiger partial charge is 0.302 e. The van der Waals surface area contributed by atoms with Crippen molar-refractivity contribution in [2.45, 2.75) is 0 Å². The molecule has 0 saturated heterocycles. The summed E-state index contributed by atoms with van der Waals surface area (Å²) in [4.78, 5) is 19.8. The molecule has 0 aromatic heterocycles. The van der Waals surface area contributed by atoms with Crippen molar-refractivity contribution in [3.8, 4) is 0 Å². The molecule has 1 rings (SSSR count). The molecule has 0 aliphatic heterocycles. The standard InChI is InChI=1S/C7H8N4O4/c1-9(8)7-5(10(12)13)3-2-4-6(7)11(14)15/h2-4H,8H2,1H3. The minimum atomic E-state index is -0.717. The molecule has 0 heterocycles. The van der Waals surface area contributed by atoms with Gasteiger partial charge in [0.2, 0.25) is 5.69 Å². The number of nitrogens with zero attached hydrogens (tertiary/aromatic N) is 3. The zero-order chi connectivity index (χ0) is 11.6. The van der Waals surface area contributed by atoms with Crippen LogP contribution in [0.3, 0.4) is 0 Å². The molecular formula is C7H8N4O4. The number of nitrogens with two attached hydrogens (primary N) is 1. The van der Waals surface area contributed by atoms with Gasteiger partial charge in [0.25, 0.3) is 0 Å². The normalized spacial score (nSPS) is 9.73. The van der Waals surface area contributed by atoms with Crippen molar-refractivity contribution < 1.29 is 9.85 Å². The van der Waals surface area contributed by atoms with E-state index in [1.54, 1.807) is 0 Å². The van der Waals surface area contributed by atoms with Crippen LogP contribution in [-0.4, -0.2) is 16.9 Å². The molecule has 15 heavy (non-hydrogen) atoms. The number of anilines is 1. The molecule has 0 bridgehead atoms. The van der Waals surface area contributed by atoms with Crippen LogP contribution in [0.15, 0.2) is 18.2 Å². The van der Waals surface area contributed by atoms with Gasteiger partial charge in [-0.2, -0.15) is 0 Å². The summed E-state index contributed by atoms with van der Waals surface area (Å²) in [5.74, 6) is 5.32. The second-order valence-corrected chi connectivity index (χ2v) is 2.77. The number of para-hydroxylation sites is 1. The van der Waals surface area contributed by atoms with Crippen LogP contribution < -0.4 is 10.9 Å². The van der Waals surface area contributed by atoms with Gasteiger partial charge in [0.15, 0.2) is 0 Å². The van der Waals surface area contributed by atoms with Crippen molar-refractivity contribution in [3.63, 3.8) is 0 Å². The van der Waals surface area contributed by atoms with Crippen LogP contribution in [0.4, 0.5) is 17.1 Å². The first-order valence-corrected chi connectivity index (χ1v) is 3.85. The molecule has 0 unspecified atom stereocenters. The smallest absolute Gasteiger partial charge is 0.301 e. The van der Waals surface area contributed by atoms with E-state index in [1.165, 1.54) is 13.1 Å². The van der Waals surface area contributed by atoms with Crippen molar-refractivity contribution in [1.82, 2.24) is 0 Å². The first kappa shape index (κ1) is 10.9. The van der Waals surface area contributed by atoms with Crippen LogP contribution in [0.5, 0.6) is 0 Å². The highest BCUT2D eigenvalue weighted by Gasteiger charge is 2.26. The van der Waals surface area contributed by atoms with Gasteiger partial charge in [-0.3, -0.25) is 20.2 Å². The molecule has 8 nitrogen and oxygen atoms in total. The highest BCUT2D eigenvalue weighted by atomic mass is 16.6. The minimum Gasteiger partial charge on any atom is -0.302 e. The van der Waals surface area contributed by atoms with Gasteiger partial charge in [-0.25, -0.2) is 5.84 Å². The molecular weight excluding hydrogens is 204 g/mol. The fourth-order valence-corrected chi connectivity index (χ4v) is 1.18. The SMILES string of the molecule is CN(N)c1c([N+](=O)[O-])cccc1[N+](=O)[O-]. The van der Waals surface area contributed by atoms with Crippen molar-refractivity contribution in [1.29, 1.82) is 0 Å². The van der Waals surface area contributed by atoms with Crippen molar-refractivity contribution in [3.05, 3.63) is 38.4 Å². The molecule has 0 aliphatic carbocycles. The maximum atomic E-state index is 10.6. The molecule has 0 radical (unpaired) electrons. The van der Waals surface area contributed by atoms with Gasteiger partial charge in [0.05, 0.1) is 9.85 Å². The summed E-state index contributed by atoms with van der Waals surface area (Å²) in [5.41, 5.74) is -1.00. The Balaban J connectivity index is 3.48. The second kappa shape index (κ2) is 3.88. The van der Waals surface area contributed by atoms with E-state index >= 15 is 0 Å².